The van der Waals surface area contributed by atoms with Crippen molar-refractivity contribution in [2.24, 2.45) is 5.92 Å². The van der Waals surface area contributed by atoms with E-state index in [0.717, 1.165) is 18.9 Å². The van der Waals surface area contributed by atoms with Crippen LogP contribution in [0.25, 0.3) is 0 Å². The van der Waals surface area contributed by atoms with Gasteiger partial charge in [0.05, 0.1) is 15.9 Å². The molecule has 2 rings (SSSR count). The van der Waals surface area contributed by atoms with Gasteiger partial charge in [-0.05, 0) is 24.8 Å². The lowest BCUT2D eigenvalue weighted by molar-refractivity contribution is -0.393. The van der Waals surface area contributed by atoms with Gasteiger partial charge in [0, 0.05) is 12.1 Å². The summed E-state index contributed by atoms with van der Waals surface area (Å²) in [5.74, 6) is 0.509. The van der Waals surface area contributed by atoms with E-state index in [4.69, 9.17) is 0 Å². The van der Waals surface area contributed by atoms with Gasteiger partial charge in [0.1, 0.15) is 5.69 Å². The Bertz CT molecular complexity index is 571. The van der Waals surface area contributed by atoms with Crippen molar-refractivity contribution in [3.8, 4) is 0 Å². The third kappa shape index (κ3) is 3.11. The Hall–Kier alpha value is -2.44. The standard InChI is InChI=1S/C13H15N3O4/c1-9-3-2-4-10(7-9)14-12-6-5-11(15(17)18)8-13(12)16(19)20/h2,4-6,8-10,14H,3,7H2,1H3/t9-,10+/m0/s1. The van der Waals surface area contributed by atoms with Crippen LogP contribution in [0.1, 0.15) is 19.8 Å². The van der Waals surface area contributed by atoms with E-state index in [1.54, 1.807) is 0 Å². The van der Waals surface area contributed by atoms with E-state index in [0.29, 0.717) is 11.6 Å². The minimum Gasteiger partial charge on any atom is -0.373 e. The number of nitro groups is 2. The zero-order chi connectivity index (χ0) is 14.7. The van der Waals surface area contributed by atoms with E-state index in [2.05, 4.69) is 12.2 Å². The summed E-state index contributed by atoms with van der Waals surface area (Å²) >= 11 is 0. The van der Waals surface area contributed by atoms with Crippen molar-refractivity contribution in [3.63, 3.8) is 0 Å². The van der Waals surface area contributed by atoms with Crippen LogP contribution in [0, 0.1) is 26.1 Å². The van der Waals surface area contributed by atoms with Crippen LogP contribution in [0.2, 0.25) is 0 Å². The second-order valence-corrected chi connectivity index (χ2v) is 4.97. The van der Waals surface area contributed by atoms with Crippen LogP contribution in [0.4, 0.5) is 17.1 Å². The molecule has 7 heteroatoms. The number of hydrogen-bond donors (Lipinski definition) is 1. The molecule has 0 fully saturated rings. The molecule has 1 aromatic rings. The van der Waals surface area contributed by atoms with Crippen LogP contribution in [0.5, 0.6) is 0 Å². The van der Waals surface area contributed by atoms with Gasteiger partial charge in [-0.2, -0.15) is 0 Å². The average molecular weight is 277 g/mol. The topological polar surface area (TPSA) is 98.3 Å². The number of nitrogens with zero attached hydrogens (tertiary/aromatic N) is 2. The maximum atomic E-state index is 11.0. The van der Waals surface area contributed by atoms with Gasteiger partial charge in [-0.1, -0.05) is 19.1 Å². The van der Waals surface area contributed by atoms with Gasteiger partial charge in [0.25, 0.3) is 11.4 Å². The minimum absolute atomic E-state index is 0.0129. The molecule has 0 unspecified atom stereocenters. The maximum absolute atomic E-state index is 11.0. The molecule has 0 radical (unpaired) electrons. The molecule has 1 N–H and O–H groups in total. The molecule has 0 amide bonds. The molecule has 0 bridgehead atoms. The Labute approximate surface area is 115 Å². The lowest BCUT2D eigenvalue weighted by atomic mass is 9.92. The molecule has 0 saturated heterocycles. The van der Waals surface area contributed by atoms with Crippen molar-refractivity contribution in [1.29, 1.82) is 0 Å². The highest BCUT2D eigenvalue weighted by atomic mass is 16.6. The highest BCUT2D eigenvalue weighted by molar-refractivity contribution is 5.66. The summed E-state index contributed by atoms with van der Waals surface area (Å²) in [5, 5.41) is 24.8. The summed E-state index contributed by atoms with van der Waals surface area (Å²) in [7, 11) is 0. The third-order valence-electron chi connectivity index (χ3n) is 3.29. The Balaban J connectivity index is 2.27. The van der Waals surface area contributed by atoms with E-state index < -0.39 is 9.85 Å². The first-order valence-electron chi connectivity index (χ1n) is 6.33. The van der Waals surface area contributed by atoms with Crippen LogP contribution in [0.15, 0.2) is 30.4 Å². The smallest absolute Gasteiger partial charge is 0.299 e. The van der Waals surface area contributed by atoms with Crippen molar-refractivity contribution in [3.05, 3.63) is 50.6 Å². The zero-order valence-corrected chi connectivity index (χ0v) is 11.0. The molecule has 0 heterocycles. The monoisotopic (exact) mass is 277 g/mol. The van der Waals surface area contributed by atoms with E-state index in [-0.39, 0.29) is 17.4 Å². The molecule has 0 saturated carbocycles. The summed E-state index contributed by atoms with van der Waals surface area (Å²) in [6, 6.07) is 3.66. The van der Waals surface area contributed by atoms with Crippen molar-refractivity contribution in [2.45, 2.75) is 25.8 Å². The van der Waals surface area contributed by atoms with Gasteiger partial charge in [-0.15, -0.1) is 0 Å². The third-order valence-corrected chi connectivity index (χ3v) is 3.29. The molecule has 0 spiro atoms. The van der Waals surface area contributed by atoms with Gasteiger partial charge in [0.2, 0.25) is 0 Å². The first-order chi connectivity index (χ1) is 9.47. The first kappa shape index (κ1) is 14.0. The van der Waals surface area contributed by atoms with Gasteiger partial charge in [-0.3, -0.25) is 20.2 Å². The number of non-ortho nitro benzene ring substituents is 1. The predicted octanol–water partition coefficient (Wildman–Crippen LogP) is 3.27. The lowest BCUT2D eigenvalue weighted by Gasteiger charge is -2.23. The zero-order valence-electron chi connectivity index (χ0n) is 11.0. The van der Waals surface area contributed by atoms with E-state index in [9.17, 15) is 20.2 Å². The molecular weight excluding hydrogens is 262 g/mol. The van der Waals surface area contributed by atoms with Crippen LogP contribution in [-0.2, 0) is 0 Å². The Morgan fingerprint density at radius 1 is 1.25 bits per heavy atom. The van der Waals surface area contributed by atoms with E-state index >= 15 is 0 Å². The van der Waals surface area contributed by atoms with Crippen molar-refractivity contribution in [1.82, 2.24) is 0 Å². The number of allylic oxidation sites excluding steroid dienone is 1. The highest BCUT2D eigenvalue weighted by Gasteiger charge is 2.22. The minimum atomic E-state index is -0.640. The maximum Gasteiger partial charge on any atom is 0.299 e. The second-order valence-electron chi connectivity index (χ2n) is 4.97. The summed E-state index contributed by atoms with van der Waals surface area (Å²) in [6.45, 7) is 2.11. The number of rotatable bonds is 4. The fraction of sp³-hybridized carbons (Fsp3) is 0.385. The van der Waals surface area contributed by atoms with Crippen molar-refractivity contribution in [2.75, 3.05) is 5.32 Å². The quantitative estimate of drug-likeness (QED) is 0.517. The molecular formula is C13H15N3O4. The van der Waals surface area contributed by atoms with Crippen LogP contribution < -0.4 is 5.32 Å². The van der Waals surface area contributed by atoms with E-state index in [1.807, 2.05) is 12.2 Å². The summed E-state index contributed by atoms with van der Waals surface area (Å²) < 4.78 is 0. The number of nitro benzene ring substituents is 2. The van der Waals surface area contributed by atoms with Gasteiger partial charge >= 0.3 is 0 Å². The highest BCUT2D eigenvalue weighted by Crippen LogP contribution is 2.31. The largest absolute Gasteiger partial charge is 0.373 e. The average Bonchev–Trinajstić information content (AvgIpc) is 2.38. The first-order valence-corrected chi connectivity index (χ1v) is 6.33. The second kappa shape index (κ2) is 5.68. The predicted molar refractivity (Wildman–Crippen MR) is 74.7 cm³/mol. The number of anilines is 1. The van der Waals surface area contributed by atoms with Crippen LogP contribution >= 0.6 is 0 Å². The number of hydrogen-bond acceptors (Lipinski definition) is 5. The fourth-order valence-corrected chi connectivity index (χ4v) is 2.30. The molecule has 1 aliphatic rings. The van der Waals surface area contributed by atoms with Gasteiger partial charge < -0.3 is 5.32 Å². The van der Waals surface area contributed by atoms with Crippen molar-refractivity contribution >= 4 is 17.1 Å². The van der Waals surface area contributed by atoms with Crippen LogP contribution in [0.3, 0.4) is 0 Å². The molecule has 2 atom stereocenters. The van der Waals surface area contributed by atoms with Gasteiger partial charge in [0.15, 0.2) is 0 Å². The number of nitrogens with one attached hydrogen (secondary N) is 1. The van der Waals surface area contributed by atoms with Gasteiger partial charge in [-0.25, -0.2) is 0 Å². The van der Waals surface area contributed by atoms with Crippen molar-refractivity contribution < 1.29 is 9.85 Å². The number of benzene rings is 1. The molecule has 7 nitrogen and oxygen atoms in total. The molecule has 20 heavy (non-hydrogen) atoms. The Morgan fingerprint density at radius 2 is 2.00 bits per heavy atom. The van der Waals surface area contributed by atoms with Crippen LogP contribution in [-0.4, -0.2) is 15.9 Å². The van der Waals surface area contributed by atoms with E-state index in [1.165, 1.54) is 12.1 Å². The summed E-state index contributed by atoms with van der Waals surface area (Å²) in [6.07, 6.45) is 5.90. The molecule has 1 aromatic carbocycles. The molecule has 1 aliphatic carbocycles. The molecule has 0 aromatic heterocycles. The lowest BCUT2D eigenvalue weighted by Crippen LogP contribution is -2.23. The molecule has 106 valence electrons. The Morgan fingerprint density at radius 3 is 2.60 bits per heavy atom. The summed E-state index contributed by atoms with van der Waals surface area (Å²) in [4.78, 5) is 20.5. The summed E-state index contributed by atoms with van der Waals surface area (Å²) in [5.41, 5.74) is -0.245. The molecule has 0 aliphatic heterocycles. The Kier molecular flexibility index (Phi) is 3.97. The normalized spacial score (nSPS) is 21.4. The SMILES string of the molecule is C[C@H]1CC=C[C@@H](Nc2ccc([N+](=O)[O-])cc2[N+](=O)[O-])C1. The fourth-order valence-electron chi connectivity index (χ4n) is 2.30.